The Morgan fingerprint density at radius 1 is 1.27 bits per heavy atom. The van der Waals surface area contributed by atoms with Gasteiger partial charge in [0.25, 0.3) is 0 Å². The van der Waals surface area contributed by atoms with Crippen LogP contribution >= 0.6 is 27.3 Å². The van der Waals surface area contributed by atoms with Crippen LogP contribution in [0.5, 0.6) is 0 Å². The lowest BCUT2D eigenvalue weighted by Gasteiger charge is -2.03. The lowest BCUT2D eigenvalue weighted by Crippen LogP contribution is -2.16. The standard InChI is InChI=1S/C16H17BrN4S/c17-14-5-1-4-13(10-14)16-20-15(12-22-16)11-18-6-2-8-21-9-3-7-19-21/h1,3-5,7,9-10,12,18H,2,6,8,11H2. The minimum atomic E-state index is 0.809. The zero-order valence-corrected chi connectivity index (χ0v) is 14.5. The van der Waals surface area contributed by atoms with Crippen LogP contribution in [0.15, 0.2) is 52.6 Å². The van der Waals surface area contributed by atoms with Crippen LogP contribution in [0.2, 0.25) is 0 Å². The third-order valence-electron chi connectivity index (χ3n) is 3.23. The van der Waals surface area contributed by atoms with E-state index in [2.05, 4.69) is 48.8 Å². The molecular weight excluding hydrogens is 360 g/mol. The summed E-state index contributed by atoms with van der Waals surface area (Å²) in [4.78, 5) is 4.69. The Morgan fingerprint density at radius 3 is 3.05 bits per heavy atom. The first kappa shape index (κ1) is 15.4. The zero-order valence-electron chi connectivity index (χ0n) is 12.1. The first-order chi connectivity index (χ1) is 10.8. The molecule has 0 unspecified atom stereocenters. The molecule has 1 aromatic carbocycles. The topological polar surface area (TPSA) is 42.7 Å². The van der Waals surface area contributed by atoms with E-state index in [9.17, 15) is 0 Å². The monoisotopic (exact) mass is 376 g/mol. The Kier molecular flexibility index (Phi) is 5.37. The van der Waals surface area contributed by atoms with Crippen LogP contribution in [-0.2, 0) is 13.1 Å². The highest BCUT2D eigenvalue weighted by Crippen LogP contribution is 2.26. The summed E-state index contributed by atoms with van der Waals surface area (Å²) in [5, 5.41) is 10.8. The first-order valence-electron chi connectivity index (χ1n) is 7.20. The number of thiazole rings is 1. The summed E-state index contributed by atoms with van der Waals surface area (Å²) >= 11 is 5.19. The van der Waals surface area contributed by atoms with Gasteiger partial charge in [-0.15, -0.1) is 11.3 Å². The van der Waals surface area contributed by atoms with E-state index >= 15 is 0 Å². The molecule has 2 heterocycles. The molecule has 114 valence electrons. The van der Waals surface area contributed by atoms with E-state index in [-0.39, 0.29) is 0 Å². The van der Waals surface area contributed by atoms with Gasteiger partial charge in [-0.2, -0.15) is 5.10 Å². The molecule has 4 nitrogen and oxygen atoms in total. The summed E-state index contributed by atoms with van der Waals surface area (Å²) < 4.78 is 3.04. The third kappa shape index (κ3) is 4.25. The van der Waals surface area contributed by atoms with Gasteiger partial charge in [-0.05, 0) is 31.2 Å². The second kappa shape index (κ2) is 7.67. The van der Waals surface area contributed by atoms with E-state index in [4.69, 9.17) is 0 Å². The van der Waals surface area contributed by atoms with E-state index in [0.29, 0.717) is 0 Å². The fraction of sp³-hybridized carbons (Fsp3) is 0.250. The summed E-state index contributed by atoms with van der Waals surface area (Å²) in [5.74, 6) is 0. The van der Waals surface area contributed by atoms with Crippen molar-refractivity contribution in [2.24, 2.45) is 0 Å². The largest absolute Gasteiger partial charge is 0.311 e. The lowest BCUT2D eigenvalue weighted by molar-refractivity contribution is 0.541. The van der Waals surface area contributed by atoms with Crippen molar-refractivity contribution in [3.05, 3.63) is 58.3 Å². The number of nitrogens with zero attached hydrogens (tertiary/aromatic N) is 3. The predicted molar refractivity (Wildman–Crippen MR) is 93.8 cm³/mol. The Morgan fingerprint density at radius 2 is 2.23 bits per heavy atom. The second-order valence-corrected chi connectivity index (χ2v) is 6.73. The van der Waals surface area contributed by atoms with Gasteiger partial charge in [0.1, 0.15) is 5.01 Å². The number of rotatable bonds is 7. The summed E-state index contributed by atoms with van der Waals surface area (Å²) in [6.07, 6.45) is 4.86. The van der Waals surface area contributed by atoms with Crippen molar-refractivity contribution in [1.82, 2.24) is 20.1 Å². The molecule has 0 fully saturated rings. The Balaban J connectivity index is 1.46. The molecular formula is C16H17BrN4S. The van der Waals surface area contributed by atoms with Crippen molar-refractivity contribution in [3.8, 4) is 10.6 Å². The van der Waals surface area contributed by atoms with Gasteiger partial charge in [-0.25, -0.2) is 4.98 Å². The van der Waals surface area contributed by atoms with Crippen molar-refractivity contribution in [2.75, 3.05) is 6.54 Å². The third-order valence-corrected chi connectivity index (χ3v) is 4.66. The molecule has 0 aliphatic rings. The Hall–Kier alpha value is -1.50. The maximum Gasteiger partial charge on any atom is 0.123 e. The summed E-state index contributed by atoms with van der Waals surface area (Å²) in [6, 6.07) is 10.2. The zero-order chi connectivity index (χ0) is 15.2. The minimum Gasteiger partial charge on any atom is -0.311 e. The number of hydrogen-bond acceptors (Lipinski definition) is 4. The number of aryl methyl sites for hydroxylation is 1. The molecule has 3 rings (SSSR count). The van der Waals surface area contributed by atoms with Crippen molar-refractivity contribution in [1.29, 1.82) is 0 Å². The van der Waals surface area contributed by atoms with Crippen LogP contribution in [-0.4, -0.2) is 21.3 Å². The Bertz CT molecular complexity index is 709. The van der Waals surface area contributed by atoms with Crippen LogP contribution in [0.25, 0.3) is 10.6 Å². The molecule has 0 aliphatic carbocycles. The van der Waals surface area contributed by atoms with E-state index in [1.54, 1.807) is 11.3 Å². The smallest absolute Gasteiger partial charge is 0.123 e. The van der Waals surface area contributed by atoms with Crippen LogP contribution in [0, 0.1) is 0 Å². The molecule has 0 spiro atoms. The average Bonchev–Trinajstić information content (AvgIpc) is 3.18. The molecule has 0 amide bonds. The van der Waals surface area contributed by atoms with Crippen molar-refractivity contribution in [3.63, 3.8) is 0 Å². The number of aromatic nitrogens is 3. The van der Waals surface area contributed by atoms with Gasteiger partial charge in [0.05, 0.1) is 5.69 Å². The normalized spacial score (nSPS) is 11.0. The van der Waals surface area contributed by atoms with Gasteiger partial charge >= 0.3 is 0 Å². The molecule has 0 saturated heterocycles. The molecule has 1 N–H and O–H groups in total. The first-order valence-corrected chi connectivity index (χ1v) is 8.87. The molecule has 22 heavy (non-hydrogen) atoms. The van der Waals surface area contributed by atoms with Gasteiger partial charge in [-0.3, -0.25) is 4.68 Å². The molecule has 0 atom stereocenters. The fourth-order valence-electron chi connectivity index (χ4n) is 2.16. The summed E-state index contributed by atoms with van der Waals surface area (Å²) in [7, 11) is 0. The summed E-state index contributed by atoms with van der Waals surface area (Å²) in [5.41, 5.74) is 2.25. The highest BCUT2D eigenvalue weighted by molar-refractivity contribution is 9.10. The second-order valence-electron chi connectivity index (χ2n) is 4.95. The number of hydrogen-bond donors (Lipinski definition) is 1. The van der Waals surface area contributed by atoms with E-state index in [1.165, 1.54) is 0 Å². The van der Waals surface area contributed by atoms with Gasteiger partial charge < -0.3 is 5.32 Å². The van der Waals surface area contributed by atoms with E-state index < -0.39 is 0 Å². The molecule has 3 aromatic rings. The minimum absolute atomic E-state index is 0.809. The highest BCUT2D eigenvalue weighted by atomic mass is 79.9. The molecule has 0 radical (unpaired) electrons. The maximum absolute atomic E-state index is 4.69. The molecule has 0 aliphatic heterocycles. The van der Waals surface area contributed by atoms with Gasteiger partial charge in [0.2, 0.25) is 0 Å². The van der Waals surface area contributed by atoms with Gasteiger partial charge in [0.15, 0.2) is 0 Å². The van der Waals surface area contributed by atoms with Crippen molar-refractivity contribution < 1.29 is 0 Å². The average molecular weight is 377 g/mol. The van der Waals surface area contributed by atoms with Crippen molar-refractivity contribution in [2.45, 2.75) is 19.5 Å². The molecule has 0 saturated carbocycles. The number of benzene rings is 1. The van der Waals surface area contributed by atoms with Gasteiger partial charge in [0, 0.05) is 40.9 Å². The van der Waals surface area contributed by atoms with Crippen LogP contribution in [0.3, 0.4) is 0 Å². The van der Waals surface area contributed by atoms with Gasteiger partial charge in [-0.1, -0.05) is 28.1 Å². The molecule has 6 heteroatoms. The van der Waals surface area contributed by atoms with E-state index in [0.717, 1.165) is 46.8 Å². The lowest BCUT2D eigenvalue weighted by atomic mass is 10.2. The number of nitrogens with one attached hydrogen (secondary N) is 1. The van der Waals surface area contributed by atoms with Crippen LogP contribution in [0.1, 0.15) is 12.1 Å². The van der Waals surface area contributed by atoms with Crippen LogP contribution in [0.4, 0.5) is 0 Å². The quantitative estimate of drug-likeness (QED) is 0.634. The SMILES string of the molecule is Brc1cccc(-c2nc(CNCCCn3cccn3)cs2)c1. The number of halogens is 1. The molecule has 0 bridgehead atoms. The molecule has 2 aromatic heterocycles. The fourth-order valence-corrected chi connectivity index (χ4v) is 3.37. The van der Waals surface area contributed by atoms with Crippen molar-refractivity contribution >= 4 is 27.3 Å². The Labute approximate surface area is 142 Å². The van der Waals surface area contributed by atoms with E-state index in [1.807, 2.05) is 35.3 Å². The predicted octanol–water partition coefficient (Wildman–Crippen LogP) is 3.95. The maximum atomic E-state index is 4.69. The van der Waals surface area contributed by atoms with Crippen LogP contribution < -0.4 is 5.32 Å². The highest BCUT2D eigenvalue weighted by Gasteiger charge is 2.04. The summed E-state index contributed by atoms with van der Waals surface area (Å²) in [6.45, 7) is 2.72.